The van der Waals surface area contributed by atoms with E-state index in [1.54, 1.807) is 61.8 Å². The van der Waals surface area contributed by atoms with Crippen LogP contribution < -0.4 is 14.2 Å². The zero-order valence-electron chi connectivity index (χ0n) is 23.2. The van der Waals surface area contributed by atoms with E-state index in [1.165, 1.54) is 4.88 Å². The minimum absolute atomic E-state index is 0.0132. The van der Waals surface area contributed by atoms with Gasteiger partial charge in [-0.1, -0.05) is 19.9 Å². The fraction of sp³-hybridized carbons (Fsp3) is 0.400. The van der Waals surface area contributed by atoms with Gasteiger partial charge in [-0.3, -0.25) is 9.59 Å². The van der Waals surface area contributed by atoms with Crippen LogP contribution in [0.15, 0.2) is 54.6 Å². The fourth-order valence-corrected chi connectivity index (χ4v) is 5.10. The Labute approximate surface area is 229 Å². The van der Waals surface area contributed by atoms with Gasteiger partial charge < -0.3 is 24.0 Å². The maximum atomic E-state index is 13.7. The van der Waals surface area contributed by atoms with Crippen molar-refractivity contribution in [1.29, 1.82) is 0 Å². The molecule has 0 aliphatic carbocycles. The summed E-state index contributed by atoms with van der Waals surface area (Å²) in [5.41, 5.74) is 1.57. The van der Waals surface area contributed by atoms with E-state index in [0.717, 1.165) is 10.4 Å². The summed E-state index contributed by atoms with van der Waals surface area (Å²) in [6.45, 7) is 7.65. The van der Waals surface area contributed by atoms with Crippen molar-refractivity contribution in [2.75, 3.05) is 41.0 Å². The lowest BCUT2D eigenvalue weighted by molar-refractivity contribution is -0.132. The Kier molecular flexibility index (Phi) is 10.6. The van der Waals surface area contributed by atoms with Gasteiger partial charge >= 0.3 is 0 Å². The van der Waals surface area contributed by atoms with Gasteiger partial charge in [0.2, 0.25) is 5.91 Å². The van der Waals surface area contributed by atoms with Crippen molar-refractivity contribution in [3.8, 4) is 17.2 Å². The first kappa shape index (κ1) is 29.0. The molecule has 0 unspecified atom stereocenters. The Morgan fingerprint density at radius 1 is 0.868 bits per heavy atom. The van der Waals surface area contributed by atoms with Crippen LogP contribution in [0.4, 0.5) is 0 Å². The highest BCUT2D eigenvalue weighted by atomic mass is 32.1. The van der Waals surface area contributed by atoms with E-state index in [2.05, 4.69) is 19.1 Å². The second-order valence-electron chi connectivity index (χ2n) is 9.58. The van der Waals surface area contributed by atoms with Crippen molar-refractivity contribution in [2.45, 2.75) is 33.7 Å². The normalized spacial score (nSPS) is 10.8. The molecule has 0 fully saturated rings. The van der Waals surface area contributed by atoms with E-state index >= 15 is 0 Å². The van der Waals surface area contributed by atoms with Crippen LogP contribution in [0.2, 0.25) is 0 Å². The molecule has 0 bridgehead atoms. The molecule has 0 radical (unpaired) electrons. The van der Waals surface area contributed by atoms with Gasteiger partial charge in [-0.05, 0) is 73.4 Å². The summed E-state index contributed by atoms with van der Waals surface area (Å²) in [5, 5.41) is 0. The van der Waals surface area contributed by atoms with Crippen LogP contribution in [0.5, 0.6) is 17.2 Å². The third-order valence-corrected chi connectivity index (χ3v) is 7.14. The van der Waals surface area contributed by atoms with Gasteiger partial charge in [0.05, 0.1) is 27.9 Å². The number of carbonyl (C=O) groups excluding carboxylic acids is 2. The predicted octanol–water partition coefficient (Wildman–Crippen LogP) is 5.45. The van der Waals surface area contributed by atoms with Crippen molar-refractivity contribution >= 4 is 23.2 Å². The van der Waals surface area contributed by atoms with E-state index in [4.69, 9.17) is 14.2 Å². The van der Waals surface area contributed by atoms with Crippen LogP contribution in [-0.2, 0) is 17.8 Å². The molecule has 3 rings (SSSR count). The lowest BCUT2D eigenvalue weighted by atomic mass is 10.1. The monoisotopic (exact) mass is 538 g/mol. The Hall–Kier alpha value is -3.52. The molecule has 38 heavy (non-hydrogen) atoms. The number of methoxy groups -OCH3 is 3. The fourth-order valence-electron chi connectivity index (χ4n) is 4.19. The zero-order chi connectivity index (χ0) is 27.7. The molecule has 0 saturated carbocycles. The second-order valence-corrected chi connectivity index (χ2v) is 10.9. The Bertz CT molecular complexity index is 1210. The number of nitrogens with zero attached hydrogens (tertiary/aromatic N) is 2. The Morgan fingerprint density at radius 3 is 2.16 bits per heavy atom. The number of thiophene rings is 1. The van der Waals surface area contributed by atoms with Crippen LogP contribution in [0.1, 0.15) is 39.5 Å². The van der Waals surface area contributed by atoms with Crippen LogP contribution in [0, 0.1) is 12.8 Å². The minimum Gasteiger partial charge on any atom is -0.497 e. The molecule has 0 aliphatic rings. The summed E-state index contributed by atoms with van der Waals surface area (Å²) in [7, 11) is 4.81. The molecule has 2 aromatic carbocycles. The van der Waals surface area contributed by atoms with E-state index in [0.29, 0.717) is 48.9 Å². The first-order valence-corrected chi connectivity index (χ1v) is 13.5. The van der Waals surface area contributed by atoms with Crippen molar-refractivity contribution in [3.63, 3.8) is 0 Å². The lowest BCUT2D eigenvalue weighted by Gasteiger charge is -2.29. The topological polar surface area (TPSA) is 68.3 Å². The first-order chi connectivity index (χ1) is 18.2. The van der Waals surface area contributed by atoms with Crippen LogP contribution in [0.3, 0.4) is 0 Å². The third kappa shape index (κ3) is 7.99. The number of aryl methyl sites for hydroxylation is 1. The highest BCUT2D eigenvalue weighted by Gasteiger charge is 2.24. The molecule has 0 spiro atoms. The van der Waals surface area contributed by atoms with Crippen LogP contribution in [-0.4, -0.2) is 62.6 Å². The van der Waals surface area contributed by atoms with Gasteiger partial charge in [0, 0.05) is 28.4 Å². The number of rotatable bonds is 13. The molecular weight excluding hydrogens is 500 g/mol. The molecule has 1 aromatic heterocycles. The van der Waals surface area contributed by atoms with E-state index in [-0.39, 0.29) is 24.3 Å². The average molecular weight is 539 g/mol. The number of hydrogen-bond acceptors (Lipinski definition) is 6. The molecule has 2 amide bonds. The highest BCUT2D eigenvalue weighted by Crippen LogP contribution is 2.28. The molecule has 8 heteroatoms. The summed E-state index contributed by atoms with van der Waals surface area (Å²) in [4.78, 5) is 32.9. The maximum absolute atomic E-state index is 13.7. The molecule has 0 N–H and O–H groups in total. The summed E-state index contributed by atoms with van der Waals surface area (Å²) >= 11 is 1.68. The Balaban J connectivity index is 1.80. The number of carbonyl (C=O) groups is 2. The number of hydrogen-bond donors (Lipinski definition) is 0. The van der Waals surface area contributed by atoms with Crippen molar-refractivity contribution in [3.05, 3.63) is 75.5 Å². The van der Waals surface area contributed by atoms with Gasteiger partial charge in [0.15, 0.2) is 11.5 Å². The molecule has 3 aromatic rings. The average Bonchev–Trinajstić information content (AvgIpc) is 3.34. The van der Waals surface area contributed by atoms with Gasteiger partial charge in [-0.25, -0.2) is 0 Å². The number of amides is 2. The molecule has 1 heterocycles. The molecule has 204 valence electrons. The SMILES string of the molecule is COc1ccc(C(=O)N(CC(=O)N(CCc2ccc(OC)c(OC)c2)Cc2ccc(C)s2)CC(C)C)cc1. The molecule has 0 aliphatic heterocycles. The van der Waals surface area contributed by atoms with Crippen molar-refractivity contribution in [2.24, 2.45) is 5.92 Å². The predicted molar refractivity (Wildman–Crippen MR) is 151 cm³/mol. The van der Waals surface area contributed by atoms with Crippen LogP contribution in [0.25, 0.3) is 0 Å². The molecule has 7 nitrogen and oxygen atoms in total. The largest absolute Gasteiger partial charge is 0.497 e. The van der Waals surface area contributed by atoms with E-state index in [9.17, 15) is 9.59 Å². The highest BCUT2D eigenvalue weighted by molar-refractivity contribution is 7.11. The smallest absolute Gasteiger partial charge is 0.254 e. The second kappa shape index (κ2) is 13.9. The summed E-state index contributed by atoms with van der Waals surface area (Å²) in [6.07, 6.45) is 0.646. The van der Waals surface area contributed by atoms with E-state index < -0.39 is 0 Å². The zero-order valence-corrected chi connectivity index (χ0v) is 24.0. The van der Waals surface area contributed by atoms with Gasteiger partial charge in [0.25, 0.3) is 5.91 Å². The molecule has 0 saturated heterocycles. The van der Waals surface area contributed by atoms with Crippen LogP contribution >= 0.6 is 11.3 Å². The standard InChI is InChI=1S/C30H38N2O5S/c1-21(2)18-32(30(34)24-9-11-25(35-4)12-10-24)20-29(33)31(19-26-13-7-22(3)38-26)16-15-23-8-14-27(36-5)28(17-23)37-6/h7-14,17,21H,15-16,18-20H2,1-6H3. The van der Waals surface area contributed by atoms with Crippen molar-refractivity contribution < 1.29 is 23.8 Å². The van der Waals surface area contributed by atoms with Gasteiger partial charge in [-0.15, -0.1) is 11.3 Å². The Morgan fingerprint density at radius 2 is 1.58 bits per heavy atom. The number of benzene rings is 2. The summed E-state index contributed by atoms with van der Waals surface area (Å²) in [6, 6.07) is 16.9. The first-order valence-electron chi connectivity index (χ1n) is 12.7. The quantitative estimate of drug-likeness (QED) is 0.289. The lowest BCUT2D eigenvalue weighted by Crippen LogP contribution is -2.44. The van der Waals surface area contributed by atoms with Gasteiger partial charge in [-0.2, -0.15) is 0 Å². The minimum atomic E-state index is -0.165. The van der Waals surface area contributed by atoms with E-state index in [1.807, 2.05) is 36.9 Å². The third-order valence-electron chi connectivity index (χ3n) is 6.15. The summed E-state index contributed by atoms with van der Waals surface area (Å²) < 4.78 is 16.0. The van der Waals surface area contributed by atoms with Crippen molar-refractivity contribution in [1.82, 2.24) is 9.80 Å². The molecular formula is C30H38N2O5S. The number of ether oxygens (including phenoxy) is 3. The van der Waals surface area contributed by atoms with Gasteiger partial charge in [0.1, 0.15) is 12.3 Å². The molecule has 0 atom stereocenters. The summed E-state index contributed by atoms with van der Waals surface area (Å²) in [5.74, 6) is 1.97. The maximum Gasteiger partial charge on any atom is 0.254 e.